The summed E-state index contributed by atoms with van der Waals surface area (Å²) in [4.78, 5) is 24.5. The molecule has 0 aromatic carbocycles. The smallest absolute Gasteiger partial charge is 0.305 e. The lowest BCUT2D eigenvalue weighted by molar-refractivity contribution is -0.143. The highest BCUT2D eigenvalue weighted by Crippen LogP contribution is 2.07. The maximum absolute atomic E-state index is 11.6. The number of esters is 1. The van der Waals surface area contributed by atoms with Crippen LogP contribution in [0.2, 0.25) is 0 Å². The maximum atomic E-state index is 11.6. The van der Waals surface area contributed by atoms with Gasteiger partial charge in [0.05, 0.1) is 6.61 Å². The highest BCUT2D eigenvalue weighted by molar-refractivity contribution is 5.69. The highest BCUT2D eigenvalue weighted by atomic mass is 16.5. The van der Waals surface area contributed by atoms with E-state index in [-0.39, 0.29) is 5.97 Å². The molecule has 0 fully saturated rings. The van der Waals surface area contributed by atoms with E-state index in [0.717, 1.165) is 64.4 Å². The Kier molecular flexibility index (Phi) is 17.5. The molecule has 0 saturated carbocycles. The first kappa shape index (κ1) is 22.9. The molecule has 0 aromatic heterocycles. The summed E-state index contributed by atoms with van der Waals surface area (Å²) in [5.41, 5.74) is 0. The van der Waals surface area contributed by atoms with Gasteiger partial charge in [0.25, 0.3) is 0 Å². The number of nitrogens with zero attached hydrogens (tertiary/aromatic N) is 1. The summed E-state index contributed by atoms with van der Waals surface area (Å²) in [6.07, 6.45) is 14.9. The predicted molar refractivity (Wildman–Crippen MR) is 100.0 cm³/mol. The molecule has 142 valence electrons. The van der Waals surface area contributed by atoms with Crippen LogP contribution in [0.1, 0.15) is 97.3 Å². The van der Waals surface area contributed by atoms with E-state index in [4.69, 9.17) is 4.74 Å². The van der Waals surface area contributed by atoms with Crippen molar-refractivity contribution in [1.82, 2.24) is 4.90 Å². The normalized spacial score (nSPS) is 10.6. The van der Waals surface area contributed by atoms with Crippen LogP contribution in [0, 0.1) is 0 Å². The van der Waals surface area contributed by atoms with Crippen molar-refractivity contribution in [2.24, 2.45) is 0 Å². The van der Waals surface area contributed by atoms with E-state index in [0.29, 0.717) is 13.0 Å². The number of carbonyl (C=O) groups is 2. The van der Waals surface area contributed by atoms with Crippen LogP contribution in [0.25, 0.3) is 0 Å². The summed E-state index contributed by atoms with van der Waals surface area (Å²) in [6.45, 7) is 6.67. The molecule has 24 heavy (non-hydrogen) atoms. The molecule has 0 saturated heterocycles. The van der Waals surface area contributed by atoms with Crippen LogP contribution in [-0.2, 0) is 14.3 Å². The van der Waals surface area contributed by atoms with Crippen molar-refractivity contribution in [3.8, 4) is 0 Å². The molecular weight excluding hydrogens is 302 g/mol. The second kappa shape index (κ2) is 18.3. The van der Waals surface area contributed by atoms with E-state index in [1.807, 2.05) is 4.90 Å². The van der Waals surface area contributed by atoms with Crippen molar-refractivity contribution < 1.29 is 14.3 Å². The molecule has 0 aliphatic carbocycles. The number of unbranched alkanes of at least 4 members (excludes halogenated alkanes) is 9. The van der Waals surface area contributed by atoms with Crippen LogP contribution >= 0.6 is 0 Å². The molecular formula is C20H39NO3. The van der Waals surface area contributed by atoms with Gasteiger partial charge in [-0.1, -0.05) is 65.2 Å². The molecule has 0 heterocycles. The zero-order valence-corrected chi connectivity index (χ0v) is 16.1. The molecule has 0 N–H and O–H groups in total. The van der Waals surface area contributed by atoms with Gasteiger partial charge in [-0.05, 0) is 25.7 Å². The Morgan fingerprint density at radius 1 is 0.792 bits per heavy atom. The predicted octanol–water partition coefficient (Wildman–Crippen LogP) is 5.10. The van der Waals surface area contributed by atoms with E-state index in [2.05, 4.69) is 13.8 Å². The lowest BCUT2D eigenvalue weighted by Gasteiger charge is -2.16. The van der Waals surface area contributed by atoms with E-state index in [9.17, 15) is 9.59 Å². The second-order valence-electron chi connectivity index (χ2n) is 6.65. The number of hydrogen-bond donors (Lipinski definition) is 0. The largest absolute Gasteiger partial charge is 0.466 e. The number of carbonyl (C=O) groups excluding carboxylic acids is 2. The summed E-state index contributed by atoms with van der Waals surface area (Å²) >= 11 is 0. The highest BCUT2D eigenvalue weighted by Gasteiger charge is 2.04. The van der Waals surface area contributed by atoms with Crippen molar-refractivity contribution >= 4 is 12.4 Å². The van der Waals surface area contributed by atoms with Crippen molar-refractivity contribution in [3.63, 3.8) is 0 Å². The number of ether oxygens (including phenoxy) is 1. The summed E-state index contributed by atoms with van der Waals surface area (Å²) in [5.74, 6) is -0.0584. The molecule has 0 atom stereocenters. The van der Waals surface area contributed by atoms with Gasteiger partial charge in [-0.2, -0.15) is 0 Å². The Balaban J connectivity index is 3.41. The Hall–Kier alpha value is -1.06. The van der Waals surface area contributed by atoms with E-state index >= 15 is 0 Å². The van der Waals surface area contributed by atoms with Gasteiger partial charge in [-0.3, -0.25) is 9.59 Å². The van der Waals surface area contributed by atoms with Crippen molar-refractivity contribution in [3.05, 3.63) is 0 Å². The van der Waals surface area contributed by atoms with E-state index < -0.39 is 0 Å². The first-order valence-corrected chi connectivity index (χ1v) is 10.1. The third-order valence-electron chi connectivity index (χ3n) is 4.29. The molecule has 0 rings (SSSR count). The zero-order valence-electron chi connectivity index (χ0n) is 16.1. The van der Waals surface area contributed by atoms with Gasteiger partial charge in [0.2, 0.25) is 6.41 Å². The Morgan fingerprint density at radius 2 is 1.33 bits per heavy atom. The van der Waals surface area contributed by atoms with Crippen LogP contribution < -0.4 is 0 Å². The molecule has 0 aliphatic rings. The number of rotatable bonds is 18. The lowest BCUT2D eigenvalue weighted by atomic mass is 10.1. The Bertz CT molecular complexity index is 295. The Morgan fingerprint density at radius 3 is 1.92 bits per heavy atom. The fraction of sp³-hybridized carbons (Fsp3) is 0.900. The lowest BCUT2D eigenvalue weighted by Crippen LogP contribution is -2.24. The van der Waals surface area contributed by atoms with Gasteiger partial charge in [0, 0.05) is 19.5 Å². The van der Waals surface area contributed by atoms with Crippen molar-refractivity contribution in [2.45, 2.75) is 97.3 Å². The zero-order chi connectivity index (χ0) is 17.9. The van der Waals surface area contributed by atoms with Crippen molar-refractivity contribution in [1.29, 1.82) is 0 Å². The summed E-state index contributed by atoms with van der Waals surface area (Å²) < 4.78 is 5.22. The first-order chi connectivity index (χ1) is 11.7. The standard InChI is InChI=1S/C20H39NO3/c1-3-5-7-12-16-21(19-22)17-13-10-9-11-15-20(23)24-18-14-8-6-4-2/h19H,3-18H2,1-2H3. The average molecular weight is 342 g/mol. The molecule has 4 heteroatoms. The van der Waals surface area contributed by atoms with Gasteiger partial charge in [0.1, 0.15) is 0 Å². The molecule has 1 amide bonds. The van der Waals surface area contributed by atoms with E-state index in [1.54, 1.807) is 0 Å². The fourth-order valence-electron chi connectivity index (χ4n) is 2.68. The first-order valence-electron chi connectivity index (χ1n) is 10.1. The minimum atomic E-state index is -0.0584. The quantitative estimate of drug-likeness (QED) is 0.198. The van der Waals surface area contributed by atoms with Crippen LogP contribution in [0.4, 0.5) is 0 Å². The molecule has 0 aliphatic heterocycles. The third kappa shape index (κ3) is 15.8. The summed E-state index contributed by atoms with van der Waals surface area (Å²) in [7, 11) is 0. The van der Waals surface area contributed by atoms with Gasteiger partial charge >= 0.3 is 5.97 Å². The van der Waals surface area contributed by atoms with Crippen LogP contribution in [-0.4, -0.2) is 37.0 Å². The molecule has 0 radical (unpaired) electrons. The minimum absolute atomic E-state index is 0.0584. The maximum Gasteiger partial charge on any atom is 0.305 e. The van der Waals surface area contributed by atoms with Gasteiger partial charge < -0.3 is 9.64 Å². The average Bonchev–Trinajstić information content (AvgIpc) is 2.59. The number of amides is 1. The molecule has 0 unspecified atom stereocenters. The van der Waals surface area contributed by atoms with Crippen LogP contribution in [0.3, 0.4) is 0 Å². The fourth-order valence-corrected chi connectivity index (χ4v) is 2.68. The number of hydrogen-bond acceptors (Lipinski definition) is 3. The van der Waals surface area contributed by atoms with Crippen LogP contribution in [0.15, 0.2) is 0 Å². The summed E-state index contributed by atoms with van der Waals surface area (Å²) in [6, 6.07) is 0. The van der Waals surface area contributed by atoms with Crippen molar-refractivity contribution in [2.75, 3.05) is 19.7 Å². The topological polar surface area (TPSA) is 46.6 Å². The molecule has 4 nitrogen and oxygen atoms in total. The van der Waals surface area contributed by atoms with Gasteiger partial charge in [-0.15, -0.1) is 0 Å². The Labute approximate surface area is 149 Å². The monoisotopic (exact) mass is 341 g/mol. The van der Waals surface area contributed by atoms with Gasteiger partial charge in [-0.25, -0.2) is 0 Å². The molecule has 0 aromatic rings. The van der Waals surface area contributed by atoms with Gasteiger partial charge in [0.15, 0.2) is 0 Å². The molecule has 0 spiro atoms. The van der Waals surface area contributed by atoms with E-state index in [1.165, 1.54) is 32.1 Å². The second-order valence-corrected chi connectivity index (χ2v) is 6.65. The molecule has 0 bridgehead atoms. The minimum Gasteiger partial charge on any atom is -0.466 e. The SMILES string of the molecule is CCCCCCOC(=O)CCCCCCN(C=O)CCCCCC. The van der Waals surface area contributed by atoms with Crippen LogP contribution in [0.5, 0.6) is 0 Å². The summed E-state index contributed by atoms with van der Waals surface area (Å²) in [5, 5.41) is 0. The third-order valence-corrected chi connectivity index (χ3v) is 4.29.